The predicted octanol–water partition coefficient (Wildman–Crippen LogP) is 1.43. The number of ether oxygens (including phenoxy) is 1. The summed E-state index contributed by atoms with van der Waals surface area (Å²) >= 11 is 0. The van der Waals surface area contributed by atoms with Crippen molar-refractivity contribution in [2.45, 2.75) is 50.6 Å². The van der Waals surface area contributed by atoms with Gasteiger partial charge in [0.2, 0.25) is 0 Å². The van der Waals surface area contributed by atoms with Crippen molar-refractivity contribution in [3.63, 3.8) is 0 Å². The zero-order chi connectivity index (χ0) is 14.7. The number of rotatable bonds is 4. The number of carbonyl (C=O) groups is 1. The van der Waals surface area contributed by atoms with Gasteiger partial charge in [-0.15, -0.1) is 0 Å². The van der Waals surface area contributed by atoms with Gasteiger partial charge in [-0.25, -0.2) is 0 Å². The second-order valence-electron chi connectivity index (χ2n) is 6.85. The van der Waals surface area contributed by atoms with Crippen molar-refractivity contribution in [2.24, 2.45) is 5.92 Å². The van der Waals surface area contributed by atoms with Crippen molar-refractivity contribution in [1.82, 2.24) is 9.80 Å². The van der Waals surface area contributed by atoms with Crippen molar-refractivity contribution >= 4 is 5.97 Å². The highest BCUT2D eigenvalue weighted by Crippen LogP contribution is 2.27. The molecule has 3 fully saturated rings. The highest BCUT2D eigenvalue weighted by Gasteiger charge is 2.36. The van der Waals surface area contributed by atoms with Crippen LogP contribution < -0.4 is 0 Å². The maximum atomic E-state index is 11.3. The Hall–Kier alpha value is -0.650. The van der Waals surface area contributed by atoms with E-state index in [9.17, 15) is 9.90 Å². The molecule has 3 heterocycles. The van der Waals surface area contributed by atoms with Crippen LogP contribution in [0.2, 0.25) is 0 Å². The average Bonchev–Trinajstić information content (AvgIpc) is 2.99. The van der Waals surface area contributed by atoms with E-state index < -0.39 is 5.97 Å². The molecule has 5 nitrogen and oxygen atoms in total. The molecule has 3 aliphatic rings. The Balaban J connectivity index is 1.45. The van der Waals surface area contributed by atoms with Gasteiger partial charge in [-0.2, -0.15) is 0 Å². The summed E-state index contributed by atoms with van der Waals surface area (Å²) < 4.78 is 5.57. The molecule has 0 amide bonds. The second-order valence-corrected chi connectivity index (χ2v) is 6.85. The number of nitrogens with zero attached hydrogens (tertiary/aromatic N) is 2. The molecule has 0 bridgehead atoms. The third kappa shape index (κ3) is 3.76. The van der Waals surface area contributed by atoms with Crippen molar-refractivity contribution < 1.29 is 14.6 Å². The molecular formula is C16H28N2O3. The molecule has 3 saturated heterocycles. The third-order valence-corrected chi connectivity index (χ3v) is 5.38. The Bertz CT molecular complexity index is 349. The van der Waals surface area contributed by atoms with E-state index in [0.29, 0.717) is 12.0 Å². The van der Waals surface area contributed by atoms with Crippen molar-refractivity contribution in [2.75, 3.05) is 39.4 Å². The Morgan fingerprint density at radius 2 is 1.90 bits per heavy atom. The van der Waals surface area contributed by atoms with Gasteiger partial charge in [0, 0.05) is 19.2 Å². The van der Waals surface area contributed by atoms with Crippen LogP contribution in [0.25, 0.3) is 0 Å². The number of hydrogen-bond acceptors (Lipinski definition) is 4. The minimum Gasteiger partial charge on any atom is -0.480 e. The molecule has 0 aliphatic carbocycles. The SMILES string of the molecule is O=C(O)C1CCCN1C1CCN(CC2CCCOC2)CC1. The Morgan fingerprint density at radius 1 is 1.10 bits per heavy atom. The number of likely N-dealkylation sites (tertiary alicyclic amines) is 2. The van der Waals surface area contributed by atoms with Crippen LogP contribution >= 0.6 is 0 Å². The quantitative estimate of drug-likeness (QED) is 0.850. The Kier molecular flexibility index (Phi) is 5.14. The first kappa shape index (κ1) is 15.3. The lowest BCUT2D eigenvalue weighted by atomic mass is 9.98. The smallest absolute Gasteiger partial charge is 0.320 e. The van der Waals surface area contributed by atoms with Crippen LogP contribution in [0.5, 0.6) is 0 Å². The first-order valence-corrected chi connectivity index (χ1v) is 8.52. The number of piperidine rings is 1. The molecule has 2 atom stereocenters. The Morgan fingerprint density at radius 3 is 2.57 bits per heavy atom. The maximum Gasteiger partial charge on any atom is 0.320 e. The zero-order valence-electron chi connectivity index (χ0n) is 12.9. The summed E-state index contributed by atoms with van der Waals surface area (Å²) in [5, 5.41) is 9.32. The molecule has 21 heavy (non-hydrogen) atoms. The van der Waals surface area contributed by atoms with E-state index >= 15 is 0 Å². The molecule has 0 aromatic heterocycles. The first-order chi connectivity index (χ1) is 10.2. The highest BCUT2D eigenvalue weighted by molar-refractivity contribution is 5.73. The van der Waals surface area contributed by atoms with Gasteiger partial charge in [0.15, 0.2) is 0 Å². The van der Waals surface area contributed by atoms with E-state index in [1.165, 1.54) is 12.8 Å². The molecule has 0 aromatic carbocycles. The van der Waals surface area contributed by atoms with Gasteiger partial charge in [0.05, 0.1) is 6.61 Å². The fourth-order valence-corrected chi connectivity index (χ4v) is 4.24. The molecule has 3 aliphatic heterocycles. The molecule has 0 aromatic rings. The van der Waals surface area contributed by atoms with Gasteiger partial charge in [-0.1, -0.05) is 0 Å². The summed E-state index contributed by atoms with van der Waals surface area (Å²) in [4.78, 5) is 16.1. The second kappa shape index (κ2) is 7.07. The van der Waals surface area contributed by atoms with Crippen LogP contribution in [0.1, 0.15) is 38.5 Å². The molecule has 0 saturated carbocycles. The number of carboxylic acid groups (broad SMARTS) is 1. The van der Waals surface area contributed by atoms with Crippen LogP contribution in [0.15, 0.2) is 0 Å². The lowest BCUT2D eigenvalue weighted by Gasteiger charge is -2.39. The molecular weight excluding hydrogens is 268 g/mol. The number of hydrogen-bond donors (Lipinski definition) is 1. The fourth-order valence-electron chi connectivity index (χ4n) is 4.24. The van der Waals surface area contributed by atoms with Gasteiger partial charge < -0.3 is 14.7 Å². The van der Waals surface area contributed by atoms with E-state index in [1.54, 1.807) is 0 Å². The molecule has 3 rings (SSSR count). The van der Waals surface area contributed by atoms with Gasteiger partial charge in [0.1, 0.15) is 6.04 Å². The molecule has 120 valence electrons. The minimum absolute atomic E-state index is 0.228. The maximum absolute atomic E-state index is 11.3. The van der Waals surface area contributed by atoms with Crippen LogP contribution in [0.3, 0.4) is 0 Å². The lowest BCUT2D eigenvalue weighted by molar-refractivity contribution is -0.143. The van der Waals surface area contributed by atoms with E-state index in [-0.39, 0.29) is 6.04 Å². The van der Waals surface area contributed by atoms with Crippen LogP contribution in [-0.2, 0) is 9.53 Å². The van der Waals surface area contributed by atoms with Gasteiger partial charge in [0.25, 0.3) is 0 Å². The zero-order valence-corrected chi connectivity index (χ0v) is 12.9. The predicted molar refractivity (Wildman–Crippen MR) is 80.4 cm³/mol. The van der Waals surface area contributed by atoms with Gasteiger partial charge in [-0.05, 0) is 64.1 Å². The molecule has 0 radical (unpaired) electrons. The molecule has 2 unspecified atom stereocenters. The first-order valence-electron chi connectivity index (χ1n) is 8.52. The van der Waals surface area contributed by atoms with Crippen LogP contribution in [-0.4, -0.2) is 72.4 Å². The van der Waals surface area contributed by atoms with Crippen molar-refractivity contribution in [3.05, 3.63) is 0 Å². The van der Waals surface area contributed by atoms with Crippen LogP contribution in [0.4, 0.5) is 0 Å². The molecule has 5 heteroatoms. The highest BCUT2D eigenvalue weighted by atomic mass is 16.5. The monoisotopic (exact) mass is 296 g/mol. The fraction of sp³-hybridized carbons (Fsp3) is 0.938. The van der Waals surface area contributed by atoms with Crippen molar-refractivity contribution in [3.8, 4) is 0 Å². The van der Waals surface area contributed by atoms with Crippen LogP contribution in [0, 0.1) is 5.92 Å². The molecule has 0 spiro atoms. The van der Waals surface area contributed by atoms with Gasteiger partial charge in [-0.3, -0.25) is 9.69 Å². The van der Waals surface area contributed by atoms with Gasteiger partial charge >= 0.3 is 5.97 Å². The van der Waals surface area contributed by atoms with E-state index in [0.717, 1.165) is 65.1 Å². The molecule has 1 N–H and O–H groups in total. The minimum atomic E-state index is -0.630. The summed E-state index contributed by atoms with van der Waals surface area (Å²) in [7, 11) is 0. The summed E-state index contributed by atoms with van der Waals surface area (Å²) in [6.07, 6.45) is 6.61. The third-order valence-electron chi connectivity index (χ3n) is 5.38. The van der Waals surface area contributed by atoms with Crippen molar-refractivity contribution in [1.29, 1.82) is 0 Å². The Labute approximate surface area is 127 Å². The van der Waals surface area contributed by atoms with E-state index in [2.05, 4.69) is 9.80 Å². The summed E-state index contributed by atoms with van der Waals surface area (Å²) in [5.41, 5.74) is 0. The van der Waals surface area contributed by atoms with E-state index in [1.807, 2.05) is 0 Å². The van der Waals surface area contributed by atoms with E-state index in [4.69, 9.17) is 4.74 Å². The largest absolute Gasteiger partial charge is 0.480 e. The number of aliphatic carboxylic acids is 1. The average molecular weight is 296 g/mol. The summed E-state index contributed by atoms with van der Waals surface area (Å²) in [5.74, 6) is 0.0724. The summed E-state index contributed by atoms with van der Waals surface area (Å²) in [6, 6.07) is 0.251. The summed E-state index contributed by atoms with van der Waals surface area (Å²) in [6.45, 7) is 6.22. The lowest BCUT2D eigenvalue weighted by Crippen LogP contribution is -2.49. The number of carboxylic acids is 1. The standard InChI is InChI=1S/C16H28N2O3/c19-16(20)15-4-1-7-18(15)14-5-8-17(9-6-14)11-13-3-2-10-21-12-13/h13-15H,1-12H2,(H,19,20). The topological polar surface area (TPSA) is 53.0 Å². The normalized spacial score (nSPS) is 33.3.